The van der Waals surface area contributed by atoms with Gasteiger partial charge < -0.3 is 0 Å². The van der Waals surface area contributed by atoms with Gasteiger partial charge in [0.1, 0.15) is 0 Å². The number of hydrogen-bond acceptors (Lipinski definition) is 3. The average Bonchev–Trinajstić information content (AvgIpc) is 3.88. The summed E-state index contributed by atoms with van der Waals surface area (Å²) in [6, 6.07) is 66.5. The summed E-state index contributed by atoms with van der Waals surface area (Å²) in [7, 11) is 0. The third-order valence-electron chi connectivity index (χ3n) is 12.9. The number of thiophene rings is 1. The van der Waals surface area contributed by atoms with Gasteiger partial charge in [-0.15, -0.1) is 11.3 Å². The van der Waals surface area contributed by atoms with E-state index in [2.05, 4.69) is 200 Å². The van der Waals surface area contributed by atoms with Crippen LogP contribution in [0, 0.1) is 0 Å². The predicted octanol–water partition coefficient (Wildman–Crippen LogP) is 16.2. The van der Waals surface area contributed by atoms with Gasteiger partial charge in [0, 0.05) is 42.8 Å². The first kappa shape index (κ1) is 34.5. The van der Waals surface area contributed by atoms with E-state index in [0.717, 1.165) is 33.5 Å². The minimum absolute atomic E-state index is 0.441. The van der Waals surface area contributed by atoms with Crippen molar-refractivity contribution >= 4 is 107 Å². The maximum absolute atomic E-state index is 5.49. The van der Waals surface area contributed by atoms with Crippen molar-refractivity contribution in [3.8, 4) is 28.5 Å². The zero-order chi connectivity index (χ0) is 40.3. The van der Waals surface area contributed by atoms with Crippen molar-refractivity contribution in [2.24, 2.45) is 0 Å². The molecule has 0 radical (unpaired) electrons. The van der Waals surface area contributed by atoms with Crippen molar-refractivity contribution in [1.82, 2.24) is 14.5 Å². The van der Waals surface area contributed by atoms with Gasteiger partial charge in [0.25, 0.3) is 0 Å². The lowest BCUT2D eigenvalue weighted by molar-refractivity contribution is 0.869. The highest BCUT2D eigenvalue weighted by atomic mass is 32.1. The summed E-state index contributed by atoms with van der Waals surface area (Å²) in [4.78, 5) is 10.9. The Morgan fingerprint density at radius 2 is 1.02 bits per heavy atom. The third-order valence-corrected chi connectivity index (χ3v) is 14.2. The molecule has 10 aromatic carbocycles. The van der Waals surface area contributed by atoms with Crippen LogP contribution in [0.3, 0.4) is 0 Å². The second-order valence-corrected chi connectivity index (χ2v) is 17.7. The molecule has 3 heterocycles. The number of rotatable bonds is 4. The summed E-state index contributed by atoms with van der Waals surface area (Å²) in [5.41, 5.74) is 7.48. The van der Waals surface area contributed by atoms with E-state index in [1.54, 1.807) is 0 Å². The highest BCUT2D eigenvalue weighted by Gasteiger charge is 2.24. The molecule has 0 bridgehead atoms. The molecule has 13 rings (SSSR count). The molecule has 0 aliphatic rings. The van der Waals surface area contributed by atoms with Crippen LogP contribution in [0.5, 0.6) is 0 Å². The summed E-state index contributed by atoms with van der Waals surface area (Å²) in [5.74, 6) is 1.10. The quantitative estimate of drug-likeness (QED) is 0.166. The van der Waals surface area contributed by atoms with Crippen molar-refractivity contribution in [2.45, 2.75) is 19.8 Å². The SMILES string of the molecule is CC(C)c1ccc2c(c1)c1ccccc1c1c3sc4c(ccc5c6ccccc6n(-c6nc(-c7ccccc7)cc(-c7ccc8ccccc8c7)n6)c54)c3c3ccccc3c21. The van der Waals surface area contributed by atoms with Crippen molar-refractivity contribution < 1.29 is 0 Å². The monoisotopic (exact) mass is 795 g/mol. The van der Waals surface area contributed by atoms with E-state index in [-0.39, 0.29) is 0 Å². The average molecular weight is 796 g/mol. The Bertz CT molecular complexity index is 3970. The van der Waals surface area contributed by atoms with Crippen LogP contribution >= 0.6 is 11.3 Å². The molecule has 0 N–H and O–H groups in total. The normalized spacial score (nSPS) is 12.2. The van der Waals surface area contributed by atoms with Gasteiger partial charge >= 0.3 is 0 Å². The highest BCUT2D eigenvalue weighted by Crippen LogP contribution is 2.51. The molecule has 0 unspecified atom stereocenters. The molecule has 0 saturated heterocycles. The van der Waals surface area contributed by atoms with Crippen molar-refractivity contribution in [2.75, 3.05) is 0 Å². The first-order valence-electron chi connectivity index (χ1n) is 21.1. The second-order valence-electron chi connectivity index (χ2n) is 16.7. The van der Waals surface area contributed by atoms with Gasteiger partial charge in [-0.1, -0.05) is 178 Å². The lowest BCUT2D eigenvalue weighted by atomic mass is 9.87. The number of hydrogen-bond donors (Lipinski definition) is 0. The molecule has 0 amide bonds. The van der Waals surface area contributed by atoms with Crippen LogP contribution in [0.1, 0.15) is 25.3 Å². The third kappa shape index (κ3) is 5.03. The smallest absolute Gasteiger partial charge is 0.235 e. The van der Waals surface area contributed by atoms with Crippen LogP contribution in [-0.4, -0.2) is 14.5 Å². The molecule has 0 saturated carbocycles. The number of fused-ring (bicyclic) bond motifs is 18. The Morgan fingerprint density at radius 1 is 0.410 bits per heavy atom. The molecular formula is C57H37N3S. The van der Waals surface area contributed by atoms with Crippen molar-refractivity contribution in [1.29, 1.82) is 0 Å². The topological polar surface area (TPSA) is 30.7 Å². The Balaban J connectivity index is 1.19. The van der Waals surface area contributed by atoms with Gasteiger partial charge in [0.05, 0.1) is 27.1 Å². The molecule has 0 atom stereocenters. The molecule has 0 spiro atoms. The summed E-state index contributed by atoms with van der Waals surface area (Å²) < 4.78 is 4.89. The van der Waals surface area contributed by atoms with Crippen LogP contribution in [0.15, 0.2) is 182 Å². The highest BCUT2D eigenvalue weighted by molar-refractivity contribution is 7.28. The Hall–Kier alpha value is -7.40. The van der Waals surface area contributed by atoms with Gasteiger partial charge in [-0.05, 0) is 78.2 Å². The van der Waals surface area contributed by atoms with E-state index in [9.17, 15) is 0 Å². The molecule has 61 heavy (non-hydrogen) atoms. The molecule has 0 fully saturated rings. The lowest BCUT2D eigenvalue weighted by Crippen LogP contribution is -2.04. The maximum Gasteiger partial charge on any atom is 0.235 e. The fraction of sp³-hybridized carbons (Fsp3) is 0.0526. The summed E-state index contributed by atoms with van der Waals surface area (Å²) in [6.07, 6.45) is 0. The van der Waals surface area contributed by atoms with Crippen LogP contribution in [0.2, 0.25) is 0 Å². The fourth-order valence-corrected chi connectivity index (χ4v) is 11.5. The van der Waals surface area contributed by atoms with Gasteiger partial charge in [-0.25, -0.2) is 9.97 Å². The zero-order valence-corrected chi connectivity index (χ0v) is 34.5. The minimum atomic E-state index is 0.441. The second kappa shape index (κ2) is 13.0. The molecule has 0 aliphatic carbocycles. The van der Waals surface area contributed by atoms with E-state index in [1.807, 2.05) is 11.3 Å². The molecule has 3 nitrogen and oxygen atoms in total. The summed E-state index contributed by atoms with van der Waals surface area (Å²) >= 11 is 1.92. The van der Waals surface area contributed by atoms with Crippen molar-refractivity contribution in [3.63, 3.8) is 0 Å². The first-order chi connectivity index (χ1) is 30.1. The number of nitrogens with zero attached hydrogens (tertiary/aromatic N) is 3. The number of benzene rings is 10. The molecule has 0 aliphatic heterocycles. The molecule has 13 aromatic rings. The molecule has 4 heteroatoms. The minimum Gasteiger partial charge on any atom is -0.276 e. The van der Waals surface area contributed by atoms with Gasteiger partial charge in [-0.2, -0.15) is 0 Å². The molecular weight excluding hydrogens is 759 g/mol. The predicted molar refractivity (Wildman–Crippen MR) is 262 cm³/mol. The van der Waals surface area contributed by atoms with Crippen LogP contribution in [-0.2, 0) is 0 Å². The van der Waals surface area contributed by atoms with E-state index in [1.165, 1.54) is 90.4 Å². The summed E-state index contributed by atoms with van der Waals surface area (Å²) in [6.45, 7) is 4.57. The van der Waals surface area contributed by atoms with E-state index in [4.69, 9.17) is 9.97 Å². The number of para-hydroxylation sites is 1. The van der Waals surface area contributed by atoms with Gasteiger partial charge in [-0.3, -0.25) is 4.57 Å². The number of aromatic nitrogens is 3. The van der Waals surface area contributed by atoms with E-state index in [0.29, 0.717) is 11.9 Å². The zero-order valence-electron chi connectivity index (χ0n) is 33.6. The van der Waals surface area contributed by atoms with Gasteiger partial charge in [0.2, 0.25) is 5.95 Å². The Labute approximate surface area is 355 Å². The largest absolute Gasteiger partial charge is 0.276 e. The Morgan fingerprint density at radius 3 is 1.80 bits per heavy atom. The molecule has 3 aromatic heterocycles. The van der Waals surface area contributed by atoms with E-state index < -0.39 is 0 Å². The van der Waals surface area contributed by atoms with Crippen LogP contribution in [0.25, 0.3) is 124 Å². The first-order valence-corrected chi connectivity index (χ1v) is 21.9. The standard InChI is InChI=1S/C57H37N3S/c1-33(2)36-26-27-44-47(31-36)39-18-8-9-20-41(39)53-51(44)42-21-10-11-22-43(42)52-46-29-28-45-40-19-12-13-23-50(40)60(54(45)55(46)61-56(52)53)57-58-48(35-15-4-3-5-16-35)32-49(59-57)38-25-24-34-14-6-7-17-37(34)30-38/h3-33H,1-2H3. The Kier molecular flexibility index (Phi) is 7.37. The van der Waals surface area contributed by atoms with Crippen LogP contribution in [0.4, 0.5) is 0 Å². The maximum atomic E-state index is 5.49. The lowest BCUT2D eigenvalue weighted by Gasteiger charge is -2.16. The molecule has 286 valence electrons. The van der Waals surface area contributed by atoms with Gasteiger partial charge in [0.15, 0.2) is 0 Å². The fourth-order valence-electron chi connectivity index (χ4n) is 10.0. The van der Waals surface area contributed by atoms with Crippen LogP contribution < -0.4 is 0 Å². The summed E-state index contributed by atoms with van der Waals surface area (Å²) in [5, 5.41) is 17.8. The van der Waals surface area contributed by atoms with Crippen molar-refractivity contribution in [3.05, 3.63) is 188 Å². The van der Waals surface area contributed by atoms with E-state index >= 15 is 0 Å².